The van der Waals surface area contributed by atoms with E-state index in [0.717, 1.165) is 5.56 Å². The van der Waals surface area contributed by atoms with Crippen LogP contribution in [0.1, 0.15) is 34.8 Å². The minimum atomic E-state index is -0.462. The van der Waals surface area contributed by atoms with Gasteiger partial charge in [-0.3, -0.25) is 15.1 Å². The lowest BCUT2D eigenvalue weighted by molar-refractivity contribution is 0.0391. The van der Waals surface area contributed by atoms with Crippen molar-refractivity contribution >= 4 is 23.4 Å². The summed E-state index contributed by atoms with van der Waals surface area (Å²) in [5.41, 5.74) is 1.91. The van der Waals surface area contributed by atoms with Crippen molar-refractivity contribution in [2.45, 2.75) is 25.0 Å². The lowest BCUT2D eigenvalue weighted by Gasteiger charge is -2.33. The number of nitrogens with zero attached hydrogens (tertiary/aromatic N) is 3. The number of benzene rings is 1. The Balaban J connectivity index is 1.60. The molecule has 2 aliphatic rings. The maximum atomic E-state index is 12.6. The number of aliphatic hydroxyl groups excluding tert-OH is 1. The number of amides is 3. The van der Waals surface area contributed by atoms with Crippen LogP contribution in [0.15, 0.2) is 36.8 Å². The van der Waals surface area contributed by atoms with Crippen LogP contribution in [0.5, 0.6) is 0 Å². The molecule has 0 spiro atoms. The Morgan fingerprint density at radius 1 is 1.28 bits per heavy atom. The van der Waals surface area contributed by atoms with Crippen LogP contribution in [0.4, 0.5) is 16.3 Å². The molecule has 2 aliphatic heterocycles. The first kappa shape index (κ1) is 15.5. The molecule has 0 saturated carbocycles. The summed E-state index contributed by atoms with van der Waals surface area (Å²) >= 11 is 0. The van der Waals surface area contributed by atoms with Crippen molar-refractivity contribution in [3.8, 4) is 0 Å². The van der Waals surface area contributed by atoms with E-state index in [1.165, 1.54) is 18.6 Å². The number of anilines is 2. The Kier molecular flexibility index (Phi) is 3.81. The topological polar surface area (TPSA) is 107 Å². The van der Waals surface area contributed by atoms with E-state index in [9.17, 15) is 14.7 Å². The molecule has 0 aliphatic carbocycles. The SMILES string of the molecule is O=C(Nc1cnccn1)Nc1cccc2c1C1CC(O)CCN1C2=O. The molecule has 3 N–H and O–H groups in total. The number of carbonyl (C=O) groups excluding carboxylic acids is 2. The molecule has 4 rings (SSSR count). The minimum absolute atomic E-state index is 0.0510. The largest absolute Gasteiger partial charge is 0.393 e. The molecular formula is C17H17N5O3. The summed E-state index contributed by atoms with van der Waals surface area (Å²) in [4.78, 5) is 34.5. The summed E-state index contributed by atoms with van der Waals surface area (Å²) in [6, 6.07) is 4.58. The summed E-state index contributed by atoms with van der Waals surface area (Å²) in [6.07, 6.45) is 5.05. The van der Waals surface area contributed by atoms with Gasteiger partial charge < -0.3 is 15.3 Å². The van der Waals surface area contributed by atoms with Gasteiger partial charge in [0.15, 0.2) is 5.82 Å². The number of urea groups is 1. The molecule has 2 atom stereocenters. The number of carbonyl (C=O) groups is 2. The van der Waals surface area contributed by atoms with Crippen LogP contribution in [0.25, 0.3) is 0 Å². The smallest absolute Gasteiger partial charge is 0.324 e. The fourth-order valence-corrected chi connectivity index (χ4v) is 3.47. The highest BCUT2D eigenvalue weighted by Crippen LogP contribution is 2.43. The number of rotatable bonds is 2. The van der Waals surface area contributed by atoms with Crippen molar-refractivity contribution < 1.29 is 14.7 Å². The summed E-state index contributed by atoms with van der Waals surface area (Å²) in [6.45, 7) is 0.518. The van der Waals surface area contributed by atoms with Gasteiger partial charge in [0.1, 0.15) is 0 Å². The first-order valence-corrected chi connectivity index (χ1v) is 8.09. The van der Waals surface area contributed by atoms with E-state index in [2.05, 4.69) is 20.6 Å². The van der Waals surface area contributed by atoms with E-state index in [-0.39, 0.29) is 11.9 Å². The Labute approximate surface area is 143 Å². The zero-order valence-corrected chi connectivity index (χ0v) is 13.3. The molecule has 8 nitrogen and oxygen atoms in total. The van der Waals surface area contributed by atoms with E-state index in [0.29, 0.717) is 36.5 Å². The zero-order chi connectivity index (χ0) is 17.4. The molecule has 2 aromatic rings. The third-order valence-electron chi connectivity index (χ3n) is 4.56. The van der Waals surface area contributed by atoms with Crippen LogP contribution in [0.3, 0.4) is 0 Å². The van der Waals surface area contributed by atoms with E-state index in [4.69, 9.17) is 0 Å². The highest BCUT2D eigenvalue weighted by molar-refractivity contribution is 6.04. The predicted molar refractivity (Wildman–Crippen MR) is 90.1 cm³/mol. The summed E-state index contributed by atoms with van der Waals surface area (Å²) in [7, 11) is 0. The summed E-state index contributed by atoms with van der Waals surface area (Å²) < 4.78 is 0. The Morgan fingerprint density at radius 2 is 2.16 bits per heavy atom. The lowest BCUT2D eigenvalue weighted by atomic mass is 9.94. The van der Waals surface area contributed by atoms with Gasteiger partial charge in [0.05, 0.1) is 18.3 Å². The van der Waals surface area contributed by atoms with Gasteiger partial charge in [-0.25, -0.2) is 9.78 Å². The van der Waals surface area contributed by atoms with Crippen molar-refractivity contribution in [1.29, 1.82) is 0 Å². The van der Waals surface area contributed by atoms with Crippen LogP contribution in [0.2, 0.25) is 0 Å². The zero-order valence-electron chi connectivity index (χ0n) is 13.3. The minimum Gasteiger partial charge on any atom is -0.393 e. The number of hydrogen-bond donors (Lipinski definition) is 3. The second-order valence-electron chi connectivity index (χ2n) is 6.13. The molecule has 0 radical (unpaired) electrons. The molecule has 128 valence electrons. The quantitative estimate of drug-likeness (QED) is 0.773. The third-order valence-corrected chi connectivity index (χ3v) is 4.56. The molecule has 1 saturated heterocycles. The van der Waals surface area contributed by atoms with Crippen LogP contribution in [0, 0.1) is 0 Å². The third kappa shape index (κ3) is 2.80. The normalized spacial score (nSPS) is 21.5. The number of hydrogen-bond acceptors (Lipinski definition) is 5. The maximum Gasteiger partial charge on any atom is 0.324 e. The van der Waals surface area contributed by atoms with Gasteiger partial charge in [0.25, 0.3) is 5.91 Å². The Hall–Kier alpha value is -3.00. The fraction of sp³-hybridized carbons (Fsp3) is 0.294. The van der Waals surface area contributed by atoms with E-state index >= 15 is 0 Å². The number of nitrogens with one attached hydrogen (secondary N) is 2. The number of aliphatic hydroxyl groups is 1. The van der Waals surface area contributed by atoms with Crippen molar-refractivity contribution in [3.63, 3.8) is 0 Å². The van der Waals surface area contributed by atoms with Crippen LogP contribution >= 0.6 is 0 Å². The highest BCUT2D eigenvalue weighted by atomic mass is 16.3. The fourth-order valence-electron chi connectivity index (χ4n) is 3.47. The van der Waals surface area contributed by atoms with Gasteiger partial charge in [-0.05, 0) is 25.0 Å². The average molecular weight is 339 g/mol. The summed E-state index contributed by atoms with van der Waals surface area (Å²) in [5, 5.41) is 15.4. The van der Waals surface area contributed by atoms with Crippen molar-refractivity contribution in [2.24, 2.45) is 0 Å². The summed E-state index contributed by atoms with van der Waals surface area (Å²) in [5.74, 6) is 0.281. The average Bonchev–Trinajstić information content (AvgIpc) is 2.89. The van der Waals surface area contributed by atoms with Crippen molar-refractivity contribution in [3.05, 3.63) is 47.9 Å². The van der Waals surface area contributed by atoms with Gasteiger partial charge in [-0.2, -0.15) is 0 Å². The van der Waals surface area contributed by atoms with Crippen LogP contribution in [-0.2, 0) is 0 Å². The maximum absolute atomic E-state index is 12.6. The van der Waals surface area contributed by atoms with E-state index < -0.39 is 12.1 Å². The van der Waals surface area contributed by atoms with Gasteiger partial charge in [-0.15, -0.1) is 0 Å². The van der Waals surface area contributed by atoms with Gasteiger partial charge in [0, 0.05) is 35.8 Å². The first-order chi connectivity index (χ1) is 12.1. The molecule has 3 heterocycles. The molecular weight excluding hydrogens is 322 g/mol. The molecule has 1 aromatic carbocycles. The molecule has 0 bridgehead atoms. The molecule has 1 fully saturated rings. The highest BCUT2D eigenvalue weighted by Gasteiger charge is 2.41. The van der Waals surface area contributed by atoms with E-state index in [1.54, 1.807) is 23.1 Å². The number of piperidine rings is 1. The number of fused-ring (bicyclic) bond motifs is 3. The van der Waals surface area contributed by atoms with Crippen LogP contribution < -0.4 is 10.6 Å². The number of aromatic nitrogens is 2. The molecule has 2 unspecified atom stereocenters. The second kappa shape index (κ2) is 6.14. The van der Waals surface area contributed by atoms with Crippen molar-refractivity contribution in [1.82, 2.24) is 14.9 Å². The lowest BCUT2D eigenvalue weighted by Crippen LogP contribution is -2.37. The van der Waals surface area contributed by atoms with Crippen molar-refractivity contribution in [2.75, 3.05) is 17.2 Å². The predicted octanol–water partition coefficient (Wildman–Crippen LogP) is 1.77. The monoisotopic (exact) mass is 339 g/mol. The van der Waals surface area contributed by atoms with E-state index in [1.807, 2.05) is 0 Å². The van der Waals surface area contributed by atoms with Crippen LogP contribution in [-0.4, -0.2) is 44.6 Å². The first-order valence-electron chi connectivity index (χ1n) is 8.09. The molecule has 25 heavy (non-hydrogen) atoms. The van der Waals surface area contributed by atoms with Gasteiger partial charge >= 0.3 is 6.03 Å². The van der Waals surface area contributed by atoms with Gasteiger partial charge in [0.2, 0.25) is 0 Å². The van der Waals surface area contributed by atoms with Gasteiger partial charge in [-0.1, -0.05) is 6.07 Å². The Bertz CT molecular complexity index is 826. The standard InChI is InChI=1S/C17H17N5O3/c23-10-4-7-22-13(8-10)15-11(16(22)24)2-1-3-12(15)20-17(25)21-14-9-18-5-6-19-14/h1-3,5-6,9-10,13,23H,4,7-8H2,(H2,19,20,21,25). The molecule has 1 aromatic heterocycles. The Morgan fingerprint density at radius 3 is 2.96 bits per heavy atom. The molecule has 3 amide bonds. The second-order valence-corrected chi connectivity index (χ2v) is 6.13. The molecule has 8 heteroatoms.